The van der Waals surface area contributed by atoms with Crippen LogP contribution in [0, 0.1) is 0 Å². The van der Waals surface area contributed by atoms with Gasteiger partial charge in [0.1, 0.15) is 0 Å². The summed E-state index contributed by atoms with van der Waals surface area (Å²) in [6, 6.07) is 10.2. The predicted octanol–water partition coefficient (Wildman–Crippen LogP) is 2.93. The Labute approximate surface area is 216 Å². The lowest BCUT2D eigenvalue weighted by atomic mass is 9.95. The molecule has 10 heteroatoms. The molecule has 0 bridgehead atoms. The van der Waals surface area contributed by atoms with Gasteiger partial charge in [-0.1, -0.05) is 23.5 Å². The molecule has 0 saturated carbocycles. The number of aromatic nitrogens is 1. The number of rotatable bonds is 7. The Morgan fingerprint density at radius 3 is 2.62 bits per heavy atom. The second kappa shape index (κ2) is 10.1. The van der Waals surface area contributed by atoms with Crippen LogP contribution in [0.5, 0.6) is 23.0 Å². The molecule has 1 unspecified atom stereocenters. The van der Waals surface area contributed by atoms with E-state index in [0.29, 0.717) is 56.8 Å². The van der Waals surface area contributed by atoms with Crippen molar-refractivity contribution in [2.24, 2.45) is 4.99 Å². The molecule has 2 aromatic carbocycles. The molecule has 5 rings (SSSR count). The van der Waals surface area contributed by atoms with E-state index in [0.717, 1.165) is 5.56 Å². The van der Waals surface area contributed by atoms with Crippen LogP contribution in [-0.4, -0.2) is 37.7 Å². The second-order valence-corrected chi connectivity index (χ2v) is 9.27. The molecule has 0 amide bonds. The first-order chi connectivity index (χ1) is 17.9. The molecule has 0 fully saturated rings. The van der Waals surface area contributed by atoms with Gasteiger partial charge in [0, 0.05) is 0 Å². The van der Waals surface area contributed by atoms with E-state index >= 15 is 0 Å². The number of methoxy groups -OCH3 is 1. The van der Waals surface area contributed by atoms with Crippen LogP contribution in [0.15, 0.2) is 57.5 Å². The van der Waals surface area contributed by atoms with Crippen LogP contribution in [0.3, 0.4) is 0 Å². The van der Waals surface area contributed by atoms with Gasteiger partial charge in [-0.3, -0.25) is 9.36 Å². The minimum Gasteiger partial charge on any atom is -0.490 e. The fourth-order valence-electron chi connectivity index (χ4n) is 4.40. The highest BCUT2D eigenvalue weighted by atomic mass is 32.1. The maximum Gasteiger partial charge on any atom is 0.338 e. The molecule has 1 atom stereocenters. The minimum atomic E-state index is -0.752. The zero-order valence-corrected chi connectivity index (χ0v) is 21.7. The van der Waals surface area contributed by atoms with E-state index in [1.54, 1.807) is 25.1 Å². The van der Waals surface area contributed by atoms with Gasteiger partial charge in [0.15, 0.2) is 27.8 Å². The van der Waals surface area contributed by atoms with Crippen molar-refractivity contribution < 1.29 is 28.5 Å². The first kappa shape index (κ1) is 24.6. The van der Waals surface area contributed by atoms with Crippen molar-refractivity contribution in [3.05, 3.63) is 78.5 Å². The van der Waals surface area contributed by atoms with Crippen LogP contribution >= 0.6 is 11.3 Å². The number of ether oxygens (including phenoxy) is 5. The molecule has 2 aliphatic heterocycles. The van der Waals surface area contributed by atoms with Crippen LogP contribution in [0.25, 0.3) is 6.08 Å². The van der Waals surface area contributed by atoms with Gasteiger partial charge in [-0.05, 0) is 62.2 Å². The normalized spacial score (nSPS) is 16.3. The lowest BCUT2D eigenvalue weighted by molar-refractivity contribution is -0.136. The van der Waals surface area contributed by atoms with Crippen molar-refractivity contribution in [3.63, 3.8) is 0 Å². The molecule has 0 aliphatic carbocycles. The highest BCUT2D eigenvalue weighted by Gasteiger charge is 2.33. The van der Waals surface area contributed by atoms with Crippen molar-refractivity contribution in [2.45, 2.75) is 26.8 Å². The standard InChI is InChI=1S/C27H26N2O7S/c1-5-33-18-10-8-17(13-21(18)34-6-2)24-23(26(31)32-4)15(3)28-27-29(24)25(30)22(37-27)12-16-7-9-19-20(11-16)36-14-35-19/h7-13,24H,5-6,14H2,1-4H3/b22-12-. The van der Waals surface area contributed by atoms with E-state index in [4.69, 9.17) is 23.7 Å². The van der Waals surface area contributed by atoms with Gasteiger partial charge in [-0.25, -0.2) is 9.79 Å². The van der Waals surface area contributed by atoms with Gasteiger partial charge in [-0.2, -0.15) is 0 Å². The smallest absolute Gasteiger partial charge is 0.338 e. The van der Waals surface area contributed by atoms with Crippen LogP contribution in [0.2, 0.25) is 0 Å². The Hall–Kier alpha value is -4.05. The van der Waals surface area contributed by atoms with E-state index < -0.39 is 12.0 Å². The fraction of sp³-hybridized carbons (Fsp3) is 0.296. The Kier molecular flexibility index (Phi) is 6.75. The molecule has 37 heavy (non-hydrogen) atoms. The van der Waals surface area contributed by atoms with E-state index in [9.17, 15) is 9.59 Å². The van der Waals surface area contributed by atoms with Gasteiger partial charge in [0.25, 0.3) is 5.56 Å². The number of esters is 1. The number of carbonyl (C=O) groups excluding carboxylic acids is 1. The first-order valence-corrected chi connectivity index (χ1v) is 12.7. The summed E-state index contributed by atoms with van der Waals surface area (Å²) in [4.78, 5) is 31.8. The minimum absolute atomic E-state index is 0.169. The number of hydrogen-bond donors (Lipinski definition) is 0. The Morgan fingerprint density at radius 2 is 1.86 bits per heavy atom. The molecule has 3 aromatic rings. The highest BCUT2D eigenvalue weighted by Crippen LogP contribution is 2.36. The molecule has 0 radical (unpaired) electrons. The van der Waals surface area contributed by atoms with Gasteiger partial charge in [0.05, 0.1) is 42.2 Å². The number of hydrogen-bond acceptors (Lipinski definition) is 9. The molecule has 3 heterocycles. The number of nitrogens with zero attached hydrogens (tertiary/aromatic N) is 2. The molecule has 0 saturated heterocycles. The zero-order chi connectivity index (χ0) is 26.1. The van der Waals surface area contributed by atoms with E-state index in [1.807, 2.05) is 38.1 Å². The molecule has 2 aliphatic rings. The SMILES string of the molecule is CCOc1ccc(C2C(C(=O)OC)=C(C)N=c3s/c(=C\c4ccc5c(c4)OCO5)c(=O)n32)cc1OCC. The van der Waals surface area contributed by atoms with Crippen molar-refractivity contribution in [1.82, 2.24) is 4.57 Å². The third kappa shape index (κ3) is 4.48. The maximum absolute atomic E-state index is 13.8. The van der Waals surface area contributed by atoms with Crippen molar-refractivity contribution in [2.75, 3.05) is 27.1 Å². The van der Waals surface area contributed by atoms with Crippen LogP contribution in [0.4, 0.5) is 0 Å². The van der Waals surface area contributed by atoms with Crippen LogP contribution in [0.1, 0.15) is 37.9 Å². The van der Waals surface area contributed by atoms with Gasteiger partial charge >= 0.3 is 5.97 Å². The summed E-state index contributed by atoms with van der Waals surface area (Å²) in [5.74, 6) is 1.86. The number of thiazole rings is 1. The Bertz CT molecular complexity index is 1580. The summed E-state index contributed by atoms with van der Waals surface area (Å²) in [7, 11) is 1.31. The average molecular weight is 523 g/mol. The highest BCUT2D eigenvalue weighted by molar-refractivity contribution is 7.07. The lowest BCUT2D eigenvalue weighted by Crippen LogP contribution is -2.39. The predicted molar refractivity (Wildman–Crippen MR) is 137 cm³/mol. The summed E-state index contributed by atoms with van der Waals surface area (Å²) in [5.41, 5.74) is 1.97. The van der Waals surface area contributed by atoms with E-state index in [2.05, 4.69) is 4.99 Å². The number of carbonyl (C=O) groups is 1. The maximum atomic E-state index is 13.8. The topological polar surface area (TPSA) is 97.6 Å². The van der Waals surface area contributed by atoms with E-state index in [-0.39, 0.29) is 17.9 Å². The summed E-state index contributed by atoms with van der Waals surface area (Å²) in [5, 5.41) is 0. The molecule has 1 aromatic heterocycles. The van der Waals surface area contributed by atoms with Gasteiger partial charge < -0.3 is 23.7 Å². The molecular weight excluding hydrogens is 496 g/mol. The summed E-state index contributed by atoms with van der Waals surface area (Å²) >= 11 is 1.25. The number of benzene rings is 2. The van der Waals surface area contributed by atoms with Crippen LogP contribution in [-0.2, 0) is 9.53 Å². The first-order valence-electron chi connectivity index (χ1n) is 11.8. The van der Waals surface area contributed by atoms with Gasteiger partial charge in [-0.15, -0.1) is 0 Å². The second-order valence-electron chi connectivity index (χ2n) is 8.26. The fourth-order valence-corrected chi connectivity index (χ4v) is 5.45. The number of fused-ring (bicyclic) bond motifs is 2. The molecular formula is C27H26N2O7S. The average Bonchev–Trinajstić information content (AvgIpc) is 3.48. The van der Waals surface area contributed by atoms with Crippen molar-refractivity contribution in [3.8, 4) is 23.0 Å². The molecule has 192 valence electrons. The molecule has 0 spiro atoms. The Morgan fingerprint density at radius 1 is 1.11 bits per heavy atom. The van der Waals surface area contributed by atoms with Crippen molar-refractivity contribution >= 4 is 23.4 Å². The largest absolute Gasteiger partial charge is 0.490 e. The summed E-state index contributed by atoms with van der Waals surface area (Å²) in [6.45, 7) is 6.59. The number of allylic oxidation sites excluding steroid dienone is 1. The quantitative estimate of drug-likeness (QED) is 0.440. The van der Waals surface area contributed by atoms with Gasteiger partial charge in [0.2, 0.25) is 6.79 Å². The zero-order valence-electron chi connectivity index (χ0n) is 20.9. The van der Waals surface area contributed by atoms with Crippen LogP contribution < -0.4 is 33.8 Å². The lowest BCUT2D eigenvalue weighted by Gasteiger charge is -2.25. The summed E-state index contributed by atoms with van der Waals surface area (Å²) in [6.07, 6.45) is 1.78. The molecule has 0 N–H and O–H groups in total. The van der Waals surface area contributed by atoms with Crippen molar-refractivity contribution in [1.29, 1.82) is 0 Å². The molecule has 9 nitrogen and oxygen atoms in total. The third-order valence-electron chi connectivity index (χ3n) is 6.00. The Balaban J connectivity index is 1.69. The monoisotopic (exact) mass is 522 g/mol. The summed E-state index contributed by atoms with van der Waals surface area (Å²) < 4.78 is 29.5. The van der Waals surface area contributed by atoms with E-state index in [1.165, 1.54) is 23.0 Å². The third-order valence-corrected chi connectivity index (χ3v) is 6.99.